The third-order valence-corrected chi connectivity index (χ3v) is 4.34. The predicted octanol–water partition coefficient (Wildman–Crippen LogP) is 4.78. The zero-order valence-electron chi connectivity index (χ0n) is 11.9. The van der Waals surface area contributed by atoms with E-state index in [-0.39, 0.29) is 18.1 Å². The Kier molecular flexibility index (Phi) is 4.69. The lowest BCUT2D eigenvalue weighted by Gasteiger charge is -2.04. The van der Waals surface area contributed by atoms with E-state index in [0.717, 1.165) is 5.56 Å². The average molecular weight is 347 g/mol. The van der Waals surface area contributed by atoms with Gasteiger partial charge in [-0.25, -0.2) is 9.37 Å². The molecular formula is C17H12ClFN2OS. The Balaban J connectivity index is 1.71. The van der Waals surface area contributed by atoms with E-state index >= 15 is 0 Å². The summed E-state index contributed by atoms with van der Waals surface area (Å²) in [6.07, 6.45) is 0.161. The van der Waals surface area contributed by atoms with Gasteiger partial charge in [-0.2, -0.15) is 0 Å². The molecule has 23 heavy (non-hydrogen) atoms. The molecule has 0 saturated heterocycles. The molecule has 1 amide bonds. The zero-order valence-corrected chi connectivity index (χ0v) is 13.5. The number of hydrogen-bond donors (Lipinski definition) is 1. The van der Waals surface area contributed by atoms with Crippen LogP contribution in [0.3, 0.4) is 0 Å². The first kappa shape index (κ1) is 15.6. The molecule has 0 unspecified atom stereocenters. The Bertz CT molecular complexity index is 850. The van der Waals surface area contributed by atoms with Gasteiger partial charge < -0.3 is 5.32 Å². The first-order chi connectivity index (χ1) is 11.1. The van der Waals surface area contributed by atoms with Crippen LogP contribution in [-0.4, -0.2) is 10.9 Å². The zero-order chi connectivity index (χ0) is 16.2. The van der Waals surface area contributed by atoms with Gasteiger partial charge >= 0.3 is 0 Å². The molecule has 0 aliphatic rings. The number of rotatable bonds is 4. The summed E-state index contributed by atoms with van der Waals surface area (Å²) in [7, 11) is 0. The van der Waals surface area contributed by atoms with Crippen LogP contribution < -0.4 is 5.32 Å². The van der Waals surface area contributed by atoms with Crippen molar-refractivity contribution in [3.05, 3.63) is 70.3 Å². The highest BCUT2D eigenvalue weighted by atomic mass is 35.5. The van der Waals surface area contributed by atoms with Gasteiger partial charge in [0.2, 0.25) is 5.91 Å². The molecule has 0 fully saturated rings. The van der Waals surface area contributed by atoms with Gasteiger partial charge in [0.15, 0.2) is 5.13 Å². The molecular weight excluding hydrogens is 335 g/mol. The van der Waals surface area contributed by atoms with E-state index in [1.165, 1.54) is 17.4 Å². The Morgan fingerprint density at radius 3 is 2.70 bits per heavy atom. The average Bonchev–Trinajstić information content (AvgIpc) is 2.98. The number of benzene rings is 2. The highest BCUT2D eigenvalue weighted by Gasteiger charge is 2.12. The van der Waals surface area contributed by atoms with Crippen LogP contribution in [0.1, 0.15) is 5.56 Å². The molecule has 1 aromatic heterocycles. The number of halogens is 2. The SMILES string of the molecule is O=C(Cc1ccccc1Cl)Nc1nc(-c2ccccc2F)cs1. The van der Waals surface area contributed by atoms with Crippen molar-refractivity contribution in [1.29, 1.82) is 0 Å². The fourth-order valence-electron chi connectivity index (χ4n) is 2.10. The standard InChI is InChI=1S/C17H12ClFN2OS/c18-13-7-3-1-5-11(13)9-16(22)21-17-20-15(10-23-17)12-6-2-4-8-14(12)19/h1-8,10H,9H2,(H,20,21,22). The van der Waals surface area contributed by atoms with Gasteiger partial charge in [0.05, 0.1) is 12.1 Å². The first-order valence-corrected chi connectivity index (χ1v) is 8.13. The number of nitrogens with one attached hydrogen (secondary N) is 1. The minimum atomic E-state index is -0.341. The Morgan fingerprint density at radius 1 is 1.17 bits per heavy atom. The smallest absolute Gasteiger partial charge is 0.230 e. The molecule has 2 aromatic carbocycles. The Labute approximate surface area is 141 Å². The van der Waals surface area contributed by atoms with Crippen LogP contribution in [-0.2, 0) is 11.2 Å². The number of amides is 1. The van der Waals surface area contributed by atoms with Crippen molar-refractivity contribution in [2.45, 2.75) is 6.42 Å². The number of hydrogen-bond acceptors (Lipinski definition) is 3. The monoisotopic (exact) mass is 346 g/mol. The fraction of sp³-hybridized carbons (Fsp3) is 0.0588. The lowest BCUT2D eigenvalue weighted by Crippen LogP contribution is -2.14. The second-order valence-electron chi connectivity index (χ2n) is 4.83. The predicted molar refractivity (Wildman–Crippen MR) is 91.3 cm³/mol. The molecule has 0 aliphatic heterocycles. The Hall–Kier alpha value is -2.24. The molecule has 1 heterocycles. The molecule has 3 aromatic rings. The molecule has 116 valence electrons. The highest BCUT2D eigenvalue weighted by molar-refractivity contribution is 7.14. The van der Waals surface area contributed by atoms with Crippen molar-refractivity contribution in [3.63, 3.8) is 0 Å². The van der Waals surface area contributed by atoms with Crippen LogP contribution in [0.25, 0.3) is 11.3 Å². The minimum Gasteiger partial charge on any atom is -0.302 e. The van der Waals surface area contributed by atoms with E-state index in [0.29, 0.717) is 21.4 Å². The summed E-state index contributed by atoms with van der Waals surface area (Å²) in [5, 5.41) is 5.41. The van der Waals surface area contributed by atoms with Crippen molar-refractivity contribution in [3.8, 4) is 11.3 Å². The molecule has 0 saturated carbocycles. The maximum absolute atomic E-state index is 13.7. The molecule has 0 bridgehead atoms. The first-order valence-electron chi connectivity index (χ1n) is 6.87. The van der Waals surface area contributed by atoms with Gasteiger partial charge in [-0.15, -0.1) is 11.3 Å². The van der Waals surface area contributed by atoms with Crippen molar-refractivity contribution < 1.29 is 9.18 Å². The van der Waals surface area contributed by atoms with Crippen LogP contribution in [0.2, 0.25) is 5.02 Å². The van der Waals surface area contributed by atoms with Crippen molar-refractivity contribution >= 4 is 34.0 Å². The number of carbonyl (C=O) groups is 1. The highest BCUT2D eigenvalue weighted by Crippen LogP contribution is 2.27. The maximum Gasteiger partial charge on any atom is 0.230 e. The van der Waals surface area contributed by atoms with Crippen LogP contribution in [0.15, 0.2) is 53.9 Å². The van der Waals surface area contributed by atoms with Crippen LogP contribution >= 0.6 is 22.9 Å². The maximum atomic E-state index is 13.7. The van der Waals surface area contributed by atoms with Gasteiger partial charge in [-0.3, -0.25) is 4.79 Å². The van der Waals surface area contributed by atoms with Crippen molar-refractivity contribution in [2.24, 2.45) is 0 Å². The summed E-state index contributed by atoms with van der Waals surface area (Å²) in [4.78, 5) is 16.3. The van der Waals surface area contributed by atoms with E-state index in [2.05, 4.69) is 10.3 Å². The second-order valence-corrected chi connectivity index (χ2v) is 6.10. The molecule has 3 nitrogen and oxygen atoms in total. The summed E-state index contributed by atoms with van der Waals surface area (Å²) in [6, 6.07) is 13.6. The lowest BCUT2D eigenvalue weighted by atomic mass is 10.1. The van der Waals surface area contributed by atoms with Gasteiger partial charge in [0, 0.05) is 16.0 Å². The quantitative estimate of drug-likeness (QED) is 0.738. The van der Waals surface area contributed by atoms with Crippen LogP contribution in [0.5, 0.6) is 0 Å². The second kappa shape index (κ2) is 6.89. The summed E-state index contributed by atoms with van der Waals surface area (Å²) < 4.78 is 13.7. The molecule has 0 aliphatic carbocycles. The molecule has 1 N–H and O–H groups in total. The number of carbonyl (C=O) groups excluding carboxylic acids is 1. The number of anilines is 1. The van der Waals surface area contributed by atoms with E-state index in [9.17, 15) is 9.18 Å². The number of thiazole rings is 1. The van der Waals surface area contributed by atoms with E-state index in [1.807, 2.05) is 12.1 Å². The summed E-state index contributed by atoms with van der Waals surface area (Å²) >= 11 is 7.29. The molecule has 0 radical (unpaired) electrons. The summed E-state index contributed by atoms with van der Waals surface area (Å²) in [5.74, 6) is -0.556. The largest absolute Gasteiger partial charge is 0.302 e. The minimum absolute atomic E-state index is 0.161. The van der Waals surface area contributed by atoms with Crippen LogP contribution in [0.4, 0.5) is 9.52 Å². The third-order valence-electron chi connectivity index (χ3n) is 3.21. The Morgan fingerprint density at radius 2 is 1.91 bits per heavy atom. The van der Waals surface area contributed by atoms with Crippen LogP contribution in [0, 0.1) is 5.82 Å². The van der Waals surface area contributed by atoms with Gasteiger partial charge in [0.25, 0.3) is 0 Å². The van der Waals surface area contributed by atoms with Crippen molar-refractivity contribution in [2.75, 3.05) is 5.32 Å². The van der Waals surface area contributed by atoms with Gasteiger partial charge in [0.1, 0.15) is 5.82 Å². The lowest BCUT2D eigenvalue weighted by molar-refractivity contribution is -0.115. The molecule has 0 spiro atoms. The number of nitrogens with zero attached hydrogens (tertiary/aromatic N) is 1. The van der Waals surface area contributed by atoms with E-state index in [4.69, 9.17) is 11.6 Å². The molecule has 6 heteroatoms. The topological polar surface area (TPSA) is 42.0 Å². The van der Waals surface area contributed by atoms with Crippen molar-refractivity contribution in [1.82, 2.24) is 4.98 Å². The number of aromatic nitrogens is 1. The summed E-state index contributed by atoms with van der Waals surface area (Å²) in [6.45, 7) is 0. The van der Waals surface area contributed by atoms with E-state index < -0.39 is 0 Å². The summed E-state index contributed by atoms with van der Waals surface area (Å²) in [5.41, 5.74) is 1.66. The van der Waals surface area contributed by atoms with Gasteiger partial charge in [-0.05, 0) is 23.8 Å². The van der Waals surface area contributed by atoms with Gasteiger partial charge in [-0.1, -0.05) is 41.9 Å². The molecule has 0 atom stereocenters. The van der Waals surface area contributed by atoms with E-state index in [1.54, 1.807) is 35.7 Å². The fourth-order valence-corrected chi connectivity index (χ4v) is 3.03. The molecule has 3 rings (SSSR count). The normalized spacial score (nSPS) is 10.5. The third kappa shape index (κ3) is 3.75.